The number of aliphatic hydroxyl groups is 1. The molecular weight excluding hydrogens is 182 g/mol. The quantitative estimate of drug-likeness (QED) is 0.617. The molecule has 1 heterocycles. The first-order valence-electron chi connectivity index (χ1n) is 5.23. The molecule has 2 fully saturated rings. The molecule has 0 amide bonds. The van der Waals surface area contributed by atoms with Gasteiger partial charge in [0, 0.05) is 6.54 Å². The van der Waals surface area contributed by atoms with Crippen molar-refractivity contribution in [1.82, 2.24) is 5.32 Å². The number of hydrogen-bond donors (Lipinski definition) is 2. The Balaban J connectivity index is 1.86. The van der Waals surface area contributed by atoms with E-state index in [2.05, 4.69) is 5.32 Å². The zero-order chi connectivity index (χ0) is 10.2. The Morgan fingerprint density at radius 1 is 1.57 bits per heavy atom. The van der Waals surface area contributed by atoms with Crippen LogP contribution in [0.25, 0.3) is 0 Å². The molecule has 1 spiro atoms. The van der Waals surface area contributed by atoms with E-state index in [0.29, 0.717) is 6.61 Å². The molecule has 1 aliphatic carbocycles. The fourth-order valence-electron chi connectivity index (χ4n) is 2.58. The molecule has 1 unspecified atom stereocenters. The lowest BCUT2D eigenvalue weighted by atomic mass is 9.65. The molecule has 1 aliphatic heterocycles. The predicted octanol–water partition coefficient (Wildman–Crippen LogP) is 0.0525. The Hall–Kier alpha value is -0.610. The van der Waals surface area contributed by atoms with Crippen LogP contribution in [0.2, 0.25) is 0 Å². The predicted molar refractivity (Wildman–Crippen MR) is 50.7 cm³/mol. The third-order valence-corrected chi connectivity index (χ3v) is 3.27. The maximum Gasteiger partial charge on any atom is 0.323 e. The summed E-state index contributed by atoms with van der Waals surface area (Å²) in [6.07, 6.45) is 2.33. The van der Waals surface area contributed by atoms with Crippen molar-refractivity contribution in [2.75, 3.05) is 13.2 Å². The summed E-state index contributed by atoms with van der Waals surface area (Å²) in [7, 11) is 0. The molecule has 0 bridgehead atoms. The van der Waals surface area contributed by atoms with Crippen LogP contribution in [0.1, 0.15) is 26.2 Å². The lowest BCUT2D eigenvalue weighted by Crippen LogP contribution is -2.42. The first-order chi connectivity index (χ1) is 6.65. The maximum absolute atomic E-state index is 11.4. The van der Waals surface area contributed by atoms with E-state index in [4.69, 9.17) is 4.74 Å². The van der Waals surface area contributed by atoms with Crippen molar-refractivity contribution in [3.63, 3.8) is 0 Å². The third-order valence-electron chi connectivity index (χ3n) is 3.27. The van der Waals surface area contributed by atoms with Crippen LogP contribution in [0.4, 0.5) is 0 Å². The van der Waals surface area contributed by atoms with Crippen LogP contribution in [0.3, 0.4) is 0 Å². The molecule has 1 atom stereocenters. The van der Waals surface area contributed by atoms with Gasteiger partial charge in [0.1, 0.15) is 6.04 Å². The Bertz CT molecular complexity index is 236. The molecule has 1 saturated heterocycles. The fourth-order valence-corrected chi connectivity index (χ4v) is 2.58. The monoisotopic (exact) mass is 199 g/mol. The zero-order valence-electron chi connectivity index (χ0n) is 8.45. The molecule has 80 valence electrons. The van der Waals surface area contributed by atoms with Crippen molar-refractivity contribution in [2.24, 2.45) is 5.41 Å². The number of aliphatic hydroxyl groups excluding tert-OH is 1. The summed E-state index contributed by atoms with van der Waals surface area (Å²) in [4.78, 5) is 11.4. The van der Waals surface area contributed by atoms with Gasteiger partial charge in [-0.1, -0.05) is 0 Å². The van der Waals surface area contributed by atoms with Crippen LogP contribution in [-0.2, 0) is 9.53 Å². The number of nitrogens with one attached hydrogen (secondary N) is 1. The van der Waals surface area contributed by atoms with Gasteiger partial charge in [0.15, 0.2) is 0 Å². The topological polar surface area (TPSA) is 58.6 Å². The first-order valence-corrected chi connectivity index (χ1v) is 5.23. The highest BCUT2D eigenvalue weighted by molar-refractivity contribution is 5.76. The Morgan fingerprint density at radius 3 is 2.86 bits per heavy atom. The largest absolute Gasteiger partial charge is 0.465 e. The van der Waals surface area contributed by atoms with Gasteiger partial charge in [-0.15, -0.1) is 0 Å². The number of esters is 1. The molecule has 0 radical (unpaired) electrons. The smallest absolute Gasteiger partial charge is 0.323 e. The van der Waals surface area contributed by atoms with E-state index in [9.17, 15) is 9.90 Å². The molecule has 2 aliphatic rings. The minimum absolute atomic E-state index is 0.147. The average Bonchev–Trinajstić information content (AvgIpc) is 2.49. The molecule has 0 aromatic rings. The van der Waals surface area contributed by atoms with Gasteiger partial charge in [0.2, 0.25) is 0 Å². The van der Waals surface area contributed by atoms with Crippen molar-refractivity contribution >= 4 is 5.97 Å². The van der Waals surface area contributed by atoms with E-state index in [0.717, 1.165) is 25.8 Å². The van der Waals surface area contributed by atoms with Gasteiger partial charge in [-0.3, -0.25) is 4.79 Å². The standard InChI is InChI=1S/C10H17NO3/c1-2-14-9(13)8-5-10(6-11-8)3-7(12)4-10/h7-8,11-12H,2-6H2,1H3. The zero-order valence-corrected chi connectivity index (χ0v) is 8.45. The number of rotatable bonds is 2. The van der Waals surface area contributed by atoms with Gasteiger partial charge >= 0.3 is 5.97 Å². The summed E-state index contributed by atoms with van der Waals surface area (Å²) >= 11 is 0. The van der Waals surface area contributed by atoms with E-state index in [1.54, 1.807) is 0 Å². The highest BCUT2D eigenvalue weighted by Gasteiger charge is 2.50. The molecule has 14 heavy (non-hydrogen) atoms. The third kappa shape index (κ3) is 1.64. The summed E-state index contributed by atoms with van der Waals surface area (Å²) in [5.41, 5.74) is 0.177. The minimum Gasteiger partial charge on any atom is -0.465 e. The summed E-state index contributed by atoms with van der Waals surface area (Å²) in [6.45, 7) is 3.09. The van der Waals surface area contributed by atoms with Gasteiger partial charge in [0.25, 0.3) is 0 Å². The van der Waals surface area contributed by atoms with Gasteiger partial charge in [0.05, 0.1) is 12.7 Å². The number of ether oxygens (including phenoxy) is 1. The van der Waals surface area contributed by atoms with Crippen LogP contribution >= 0.6 is 0 Å². The van der Waals surface area contributed by atoms with Crippen molar-refractivity contribution in [2.45, 2.75) is 38.3 Å². The number of carbonyl (C=O) groups is 1. The highest BCUT2D eigenvalue weighted by Crippen LogP contribution is 2.47. The Labute approximate surface area is 83.6 Å². The Kier molecular flexibility index (Phi) is 2.49. The highest BCUT2D eigenvalue weighted by atomic mass is 16.5. The maximum atomic E-state index is 11.4. The summed E-state index contributed by atoms with van der Waals surface area (Å²) in [5, 5.41) is 12.4. The van der Waals surface area contributed by atoms with E-state index in [1.807, 2.05) is 6.92 Å². The van der Waals surface area contributed by atoms with E-state index < -0.39 is 0 Å². The van der Waals surface area contributed by atoms with E-state index >= 15 is 0 Å². The normalized spacial score (nSPS) is 41.0. The SMILES string of the molecule is CCOC(=O)C1CC2(CN1)CC(O)C2. The number of hydrogen-bond acceptors (Lipinski definition) is 4. The van der Waals surface area contributed by atoms with Crippen LogP contribution in [0, 0.1) is 5.41 Å². The van der Waals surface area contributed by atoms with E-state index in [1.165, 1.54) is 0 Å². The summed E-state index contributed by atoms with van der Waals surface area (Å²) in [5.74, 6) is -0.147. The number of carbonyl (C=O) groups excluding carboxylic acids is 1. The van der Waals surface area contributed by atoms with Crippen molar-refractivity contribution in [3.8, 4) is 0 Å². The fraction of sp³-hybridized carbons (Fsp3) is 0.900. The molecule has 1 saturated carbocycles. The molecule has 0 aromatic carbocycles. The first kappa shape index (κ1) is 9.93. The molecule has 4 heteroatoms. The summed E-state index contributed by atoms with van der Waals surface area (Å²) in [6, 6.07) is -0.151. The second-order valence-corrected chi connectivity index (χ2v) is 4.45. The Morgan fingerprint density at radius 2 is 2.29 bits per heavy atom. The average molecular weight is 199 g/mol. The van der Waals surface area contributed by atoms with Crippen LogP contribution < -0.4 is 5.32 Å². The second-order valence-electron chi connectivity index (χ2n) is 4.45. The van der Waals surface area contributed by atoms with Crippen LogP contribution in [-0.4, -0.2) is 36.4 Å². The molecule has 2 N–H and O–H groups in total. The van der Waals surface area contributed by atoms with Gasteiger partial charge in [-0.05, 0) is 31.6 Å². The second kappa shape index (κ2) is 3.51. The van der Waals surface area contributed by atoms with Gasteiger partial charge in [-0.25, -0.2) is 0 Å². The molecule has 0 aromatic heterocycles. The lowest BCUT2D eigenvalue weighted by Gasteiger charge is -2.41. The van der Waals surface area contributed by atoms with Crippen molar-refractivity contribution in [1.29, 1.82) is 0 Å². The minimum atomic E-state index is -0.155. The molecule has 4 nitrogen and oxygen atoms in total. The van der Waals surface area contributed by atoms with E-state index in [-0.39, 0.29) is 23.5 Å². The van der Waals surface area contributed by atoms with Crippen molar-refractivity contribution in [3.05, 3.63) is 0 Å². The van der Waals surface area contributed by atoms with Gasteiger partial charge < -0.3 is 15.2 Å². The lowest BCUT2D eigenvalue weighted by molar-refractivity contribution is -0.145. The van der Waals surface area contributed by atoms with Crippen LogP contribution in [0.5, 0.6) is 0 Å². The van der Waals surface area contributed by atoms with Gasteiger partial charge in [-0.2, -0.15) is 0 Å². The van der Waals surface area contributed by atoms with Crippen molar-refractivity contribution < 1.29 is 14.6 Å². The summed E-state index contributed by atoms with van der Waals surface area (Å²) < 4.78 is 4.95. The molecular formula is C10H17NO3. The van der Waals surface area contributed by atoms with Crippen LogP contribution in [0.15, 0.2) is 0 Å². The molecule has 2 rings (SSSR count).